The van der Waals surface area contributed by atoms with E-state index in [1.807, 2.05) is 18.2 Å². The van der Waals surface area contributed by atoms with E-state index in [2.05, 4.69) is 55.1 Å². The standard InChI is InChI=1S/C26H22O2/c1-2-8-20(27)9-7-18-26(19-14-16-21(28)17-15-19)24-12-5-3-10-22(24)23-11-4-6-13-25(23)26/h2-17,27-28H,1,18H2/b9-7-,20-8+. The van der Waals surface area contributed by atoms with Gasteiger partial charge in [-0.05, 0) is 58.5 Å². The topological polar surface area (TPSA) is 40.5 Å². The molecular weight excluding hydrogens is 344 g/mol. The number of aliphatic hydroxyl groups is 1. The zero-order chi connectivity index (χ0) is 19.6. The number of allylic oxidation sites excluding steroid dienone is 4. The molecule has 2 heteroatoms. The molecule has 0 saturated heterocycles. The van der Waals surface area contributed by atoms with E-state index < -0.39 is 0 Å². The zero-order valence-electron chi connectivity index (χ0n) is 15.5. The van der Waals surface area contributed by atoms with Gasteiger partial charge < -0.3 is 10.2 Å². The first-order chi connectivity index (χ1) is 13.7. The summed E-state index contributed by atoms with van der Waals surface area (Å²) in [5.41, 5.74) is 5.65. The second-order valence-corrected chi connectivity index (χ2v) is 6.98. The number of fused-ring (bicyclic) bond motifs is 3. The summed E-state index contributed by atoms with van der Waals surface area (Å²) < 4.78 is 0. The number of rotatable bonds is 5. The molecule has 0 atom stereocenters. The highest BCUT2D eigenvalue weighted by molar-refractivity contribution is 5.83. The minimum atomic E-state index is -0.383. The summed E-state index contributed by atoms with van der Waals surface area (Å²) in [4.78, 5) is 0. The number of benzene rings is 3. The Labute approximate surface area is 165 Å². The van der Waals surface area contributed by atoms with E-state index in [4.69, 9.17) is 0 Å². The van der Waals surface area contributed by atoms with Crippen LogP contribution in [0.2, 0.25) is 0 Å². The summed E-state index contributed by atoms with van der Waals surface area (Å²) in [5, 5.41) is 19.8. The lowest BCUT2D eigenvalue weighted by molar-refractivity contribution is 0.432. The molecule has 0 spiro atoms. The van der Waals surface area contributed by atoms with Crippen molar-refractivity contribution in [1.29, 1.82) is 0 Å². The minimum Gasteiger partial charge on any atom is -0.508 e. The van der Waals surface area contributed by atoms with E-state index in [0.29, 0.717) is 6.42 Å². The Morgan fingerprint density at radius 3 is 2.00 bits per heavy atom. The Morgan fingerprint density at radius 1 is 0.857 bits per heavy atom. The fraction of sp³-hybridized carbons (Fsp3) is 0.0769. The van der Waals surface area contributed by atoms with E-state index in [1.165, 1.54) is 22.3 Å². The molecule has 2 N–H and O–H groups in total. The average Bonchev–Trinajstić information content (AvgIpc) is 3.00. The third-order valence-electron chi connectivity index (χ3n) is 5.43. The van der Waals surface area contributed by atoms with Crippen molar-refractivity contribution in [3.05, 3.63) is 126 Å². The molecule has 2 nitrogen and oxygen atoms in total. The number of phenols is 1. The van der Waals surface area contributed by atoms with Crippen molar-refractivity contribution in [2.75, 3.05) is 0 Å². The molecule has 0 unspecified atom stereocenters. The molecule has 28 heavy (non-hydrogen) atoms. The van der Waals surface area contributed by atoms with Gasteiger partial charge in [0, 0.05) is 5.41 Å². The van der Waals surface area contributed by atoms with Crippen molar-refractivity contribution in [2.24, 2.45) is 0 Å². The second-order valence-electron chi connectivity index (χ2n) is 6.98. The fourth-order valence-corrected chi connectivity index (χ4v) is 4.25. The highest BCUT2D eigenvalue weighted by Crippen LogP contribution is 2.54. The Kier molecular flexibility index (Phi) is 4.62. The van der Waals surface area contributed by atoms with E-state index in [1.54, 1.807) is 30.4 Å². The van der Waals surface area contributed by atoms with Gasteiger partial charge in [-0.1, -0.05) is 79.4 Å². The Bertz CT molecular complexity index is 1030. The molecule has 0 radical (unpaired) electrons. The molecule has 1 aliphatic rings. The van der Waals surface area contributed by atoms with Crippen LogP contribution in [0.15, 0.2) is 109 Å². The van der Waals surface area contributed by atoms with E-state index in [-0.39, 0.29) is 16.9 Å². The average molecular weight is 366 g/mol. The molecule has 4 rings (SSSR count). The predicted molar refractivity (Wildman–Crippen MR) is 115 cm³/mol. The number of hydrogen-bond acceptors (Lipinski definition) is 2. The quantitative estimate of drug-likeness (QED) is 0.412. The first-order valence-corrected chi connectivity index (χ1v) is 9.34. The molecule has 0 saturated carbocycles. The van der Waals surface area contributed by atoms with Crippen LogP contribution in [0.5, 0.6) is 5.75 Å². The van der Waals surface area contributed by atoms with Gasteiger partial charge in [-0.2, -0.15) is 0 Å². The zero-order valence-corrected chi connectivity index (χ0v) is 15.5. The first-order valence-electron chi connectivity index (χ1n) is 9.34. The molecular formula is C26H22O2. The lowest BCUT2D eigenvalue weighted by Crippen LogP contribution is -2.26. The van der Waals surface area contributed by atoms with E-state index in [0.717, 1.165) is 5.56 Å². The molecule has 0 fully saturated rings. The summed E-state index contributed by atoms with van der Waals surface area (Å²) >= 11 is 0. The van der Waals surface area contributed by atoms with Crippen LogP contribution in [-0.4, -0.2) is 10.2 Å². The van der Waals surface area contributed by atoms with Crippen LogP contribution >= 0.6 is 0 Å². The highest BCUT2D eigenvalue weighted by Gasteiger charge is 2.43. The monoisotopic (exact) mass is 366 g/mol. The molecule has 1 aliphatic carbocycles. The van der Waals surface area contributed by atoms with Gasteiger partial charge in [0.15, 0.2) is 0 Å². The van der Waals surface area contributed by atoms with Crippen LogP contribution in [0.4, 0.5) is 0 Å². The van der Waals surface area contributed by atoms with Crippen molar-refractivity contribution in [3.8, 4) is 16.9 Å². The summed E-state index contributed by atoms with van der Waals surface area (Å²) in [7, 11) is 0. The molecule has 138 valence electrons. The van der Waals surface area contributed by atoms with Gasteiger partial charge in [0.25, 0.3) is 0 Å². The number of hydrogen-bond donors (Lipinski definition) is 2. The van der Waals surface area contributed by atoms with E-state index >= 15 is 0 Å². The van der Waals surface area contributed by atoms with Gasteiger partial charge in [-0.15, -0.1) is 0 Å². The van der Waals surface area contributed by atoms with Crippen molar-refractivity contribution in [3.63, 3.8) is 0 Å². The summed E-state index contributed by atoms with van der Waals surface area (Å²) in [6.07, 6.45) is 7.53. The van der Waals surface area contributed by atoms with Crippen LogP contribution < -0.4 is 0 Å². The first kappa shape index (κ1) is 17.9. The number of phenolic OH excluding ortho intramolecular Hbond substituents is 1. The van der Waals surface area contributed by atoms with Gasteiger partial charge in [-0.25, -0.2) is 0 Å². The SMILES string of the molecule is C=C/C=C(O)\C=C/CC1(c2ccc(O)cc2)c2ccccc2-c2ccccc21. The summed E-state index contributed by atoms with van der Waals surface area (Å²) in [6.45, 7) is 3.62. The predicted octanol–water partition coefficient (Wildman–Crippen LogP) is 6.28. The van der Waals surface area contributed by atoms with Crippen LogP contribution in [0.25, 0.3) is 11.1 Å². The lowest BCUT2D eigenvalue weighted by Gasteiger charge is -2.32. The van der Waals surface area contributed by atoms with Crippen molar-refractivity contribution in [1.82, 2.24) is 0 Å². The minimum absolute atomic E-state index is 0.176. The third-order valence-corrected chi connectivity index (χ3v) is 5.43. The molecule has 0 amide bonds. The number of aromatic hydroxyl groups is 1. The largest absolute Gasteiger partial charge is 0.508 e. The van der Waals surface area contributed by atoms with Crippen molar-refractivity contribution < 1.29 is 10.2 Å². The van der Waals surface area contributed by atoms with Crippen molar-refractivity contribution >= 4 is 0 Å². The van der Waals surface area contributed by atoms with Crippen LogP contribution in [-0.2, 0) is 5.41 Å². The van der Waals surface area contributed by atoms with Crippen molar-refractivity contribution in [2.45, 2.75) is 11.8 Å². The van der Waals surface area contributed by atoms with Gasteiger partial charge >= 0.3 is 0 Å². The van der Waals surface area contributed by atoms with Crippen LogP contribution in [0.1, 0.15) is 23.1 Å². The van der Waals surface area contributed by atoms with Gasteiger partial charge in [0.05, 0.1) is 0 Å². The maximum absolute atomic E-state index is 9.97. The maximum Gasteiger partial charge on any atom is 0.115 e. The van der Waals surface area contributed by atoms with Gasteiger partial charge in [0.2, 0.25) is 0 Å². The molecule has 0 bridgehead atoms. The van der Waals surface area contributed by atoms with Crippen LogP contribution in [0.3, 0.4) is 0 Å². The molecule has 0 heterocycles. The molecule has 0 aliphatic heterocycles. The molecule has 3 aromatic rings. The van der Waals surface area contributed by atoms with E-state index in [9.17, 15) is 10.2 Å². The highest BCUT2D eigenvalue weighted by atomic mass is 16.3. The lowest BCUT2D eigenvalue weighted by atomic mass is 9.70. The van der Waals surface area contributed by atoms with Gasteiger partial charge in [0.1, 0.15) is 11.5 Å². The third kappa shape index (κ3) is 2.84. The Morgan fingerprint density at radius 2 is 1.43 bits per heavy atom. The molecule has 0 aromatic heterocycles. The van der Waals surface area contributed by atoms with Gasteiger partial charge in [-0.3, -0.25) is 0 Å². The Balaban J connectivity index is 1.95. The Hall–Kier alpha value is -3.52. The normalized spacial score (nSPS) is 14.6. The van der Waals surface area contributed by atoms with Crippen LogP contribution in [0, 0.1) is 0 Å². The maximum atomic E-state index is 9.97. The summed E-state index contributed by atoms with van der Waals surface area (Å²) in [6, 6.07) is 24.4. The fourth-order valence-electron chi connectivity index (χ4n) is 4.25. The summed E-state index contributed by atoms with van der Waals surface area (Å²) in [5.74, 6) is 0.427. The number of aliphatic hydroxyl groups excluding tert-OH is 1. The smallest absolute Gasteiger partial charge is 0.115 e. The molecule has 3 aromatic carbocycles. The second kappa shape index (κ2) is 7.24.